The Hall–Kier alpha value is -0.330. The monoisotopic (exact) mass is 296 g/mol. The van der Waals surface area contributed by atoms with Gasteiger partial charge in [0.2, 0.25) is 0 Å². The number of carbonyl (C=O) groups is 1. The fourth-order valence-corrected chi connectivity index (χ4v) is 2.99. The topological polar surface area (TPSA) is 17.1 Å². The highest BCUT2D eigenvalue weighted by Gasteiger charge is 2.01. The van der Waals surface area contributed by atoms with E-state index in [0.717, 1.165) is 18.8 Å². The summed E-state index contributed by atoms with van der Waals surface area (Å²) in [6, 6.07) is 0. The molecule has 1 unspecified atom stereocenters. The van der Waals surface area contributed by atoms with E-state index in [1.807, 2.05) is 0 Å². The standard InChI is InChI=1S/C20H40O/c1-4-5-6-13-16-19(2)17-14-11-9-7-8-10-12-15-18-20(3)21/h19H,4-18H2,1-3H3. The van der Waals surface area contributed by atoms with Crippen LogP contribution in [-0.2, 0) is 4.79 Å². The lowest BCUT2D eigenvalue weighted by Gasteiger charge is -2.10. The molecule has 0 aromatic rings. The van der Waals surface area contributed by atoms with Gasteiger partial charge in [-0.2, -0.15) is 0 Å². The molecule has 1 heteroatoms. The van der Waals surface area contributed by atoms with Gasteiger partial charge in [0.15, 0.2) is 0 Å². The Morgan fingerprint density at radius 1 is 0.714 bits per heavy atom. The molecule has 0 N–H and O–H groups in total. The van der Waals surface area contributed by atoms with E-state index in [2.05, 4.69) is 13.8 Å². The minimum Gasteiger partial charge on any atom is -0.300 e. The number of hydrogen-bond donors (Lipinski definition) is 0. The van der Waals surface area contributed by atoms with E-state index in [1.165, 1.54) is 83.5 Å². The average Bonchev–Trinajstić information content (AvgIpc) is 2.45. The van der Waals surface area contributed by atoms with Gasteiger partial charge in [-0.3, -0.25) is 0 Å². The molecule has 0 radical (unpaired) electrons. The predicted molar refractivity (Wildman–Crippen MR) is 94.8 cm³/mol. The number of Topliss-reactive ketones (excluding diaryl/α,β-unsaturated/α-hetero) is 1. The summed E-state index contributed by atoms with van der Waals surface area (Å²) < 4.78 is 0. The Balaban J connectivity index is 3.12. The minimum atomic E-state index is 0.346. The Labute approximate surface area is 134 Å². The van der Waals surface area contributed by atoms with Crippen LogP contribution in [0.2, 0.25) is 0 Å². The second-order valence-corrected chi connectivity index (χ2v) is 7.02. The smallest absolute Gasteiger partial charge is 0.129 e. The van der Waals surface area contributed by atoms with E-state index >= 15 is 0 Å². The van der Waals surface area contributed by atoms with Crippen LogP contribution in [0, 0.1) is 5.92 Å². The van der Waals surface area contributed by atoms with Crippen LogP contribution in [0.15, 0.2) is 0 Å². The van der Waals surface area contributed by atoms with Gasteiger partial charge in [0.25, 0.3) is 0 Å². The Morgan fingerprint density at radius 2 is 1.14 bits per heavy atom. The summed E-state index contributed by atoms with van der Waals surface area (Å²) in [7, 11) is 0. The predicted octanol–water partition coefficient (Wildman–Crippen LogP) is 7.08. The quantitative estimate of drug-likeness (QED) is 0.278. The number of ketones is 1. The summed E-state index contributed by atoms with van der Waals surface area (Å²) in [5.41, 5.74) is 0. The molecular weight excluding hydrogens is 256 g/mol. The zero-order valence-corrected chi connectivity index (χ0v) is 15.1. The molecule has 0 heterocycles. The van der Waals surface area contributed by atoms with Crippen molar-refractivity contribution in [3.05, 3.63) is 0 Å². The van der Waals surface area contributed by atoms with Crippen LogP contribution in [0.5, 0.6) is 0 Å². The maximum absolute atomic E-state index is 10.8. The molecule has 0 aliphatic rings. The van der Waals surface area contributed by atoms with Crippen LogP contribution in [0.25, 0.3) is 0 Å². The molecule has 0 spiro atoms. The molecule has 0 aliphatic heterocycles. The zero-order valence-electron chi connectivity index (χ0n) is 15.1. The molecule has 1 atom stereocenters. The third kappa shape index (κ3) is 17.6. The first kappa shape index (κ1) is 20.7. The van der Waals surface area contributed by atoms with E-state index in [9.17, 15) is 4.79 Å². The van der Waals surface area contributed by atoms with Crippen molar-refractivity contribution in [2.75, 3.05) is 0 Å². The van der Waals surface area contributed by atoms with Gasteiger partial charge in [-0.05, 0) is 19.3 Å². The first-order valence-electron chi connectivity index (χ1n) is 9.66. The van der Waals surface area contributed by atoms with Gasteiger partial charge >= 0.3 is 0 Å². The second kappa shape index (κ2) is 16.0. The Kier molecular flexibility index (Phi) is 15.8. The van der Waals surface area contributed by atoms with Crippen molar-refractivity contribution < 1.29 is 4.79 Å². The van der Waals surface area contributed by atoms with Crippen molar-refractivity contribution in [1.82, 2.24) is 0 Å². The lowest BCUT2D eigenvalue weighted by atomic mass is 9.96. The van der Waals surface area contributed by atoms with Gasteiger partial charge < -0.3 is 4.79 Å². The molecule has 126 valence electrons. The summed E-state index contributed by atoms with van der Waals surface area (Å²) in [4.78, 5) is 10.8. The molecule has 0 amide bonds. The fraction of sp³-hybridized carbons (Fsp3) is 0.950. The molecule has 0 rings (SSSR count). The molecule has 1 nitrogen and oxygen atoms in total. The van der Waals surface area contributed by atoms with Crippen molar-refractivity contribution >= 4 is 5.78 Å². The highest BCUT2D eigenvalue weighted by atomic mass is 16.1. The molecule has 0 bridgehead atoms. The number of hydrogen-bond acceptors (Lipinski definition) is 1. The molecule has 0 saturated carbocycles. The summed E-state index contributed by atoms with van der Waals surface area (Å²) >= 11 is 0. The summed E-state index contributed by atoms with van der Waals surface area (Å²) in [6.45, 7) is 6.42. The first-order chi connectivity index (χ1) is 10.2. The van der Waals surface area contributed by atoms with Gasteiger partial charge in [-0.15, -0.1) is 0 Å². The summed E-state index contributed by atoms with van der Waals surface area (Å²) in [5, 5.41) is 0. The average molecular weight is 297 g/mol. The zero-order chi connectivity index (χ0) is 15.8. The van der Waals surface area contributed by atoms with E-state index < -0.39 is 0 Å². The lowest BCUT2D eigenvalue weighted by Crippen LogP contribution is -1.95. The first-order valence-corrected chi connectivity index (χ1v) is 9.66. The van der Waals surface area contributed by atoms with Crippen LogP contribution in [0.4, 0.5) is 0 Å². The Bertz CT molecular complexity index is 222. The maximum Gasteiger partial charge on any atom is 0.129 e. The second-order valence-electron chi connectivity index (χ2n) is 7.02. The maximum atomic E-state index is 10.8. The van der Waals surface area contributed by atoms with Crippen molar-refractivity contribution in [3.63, 3.8) is 0 Å². The summed E-state index contributed by atoms with van der Waals surface area (Å²) in [6.07, 6.45) is 20.0. The highest BCUT2D eigenvalue weighted by Crippen LogP contribution is 2.18. The third-order valence-electron chi connectivity index (χ3n) is 4.53. The van der Waals surface area contributed by atoms with Gasteiger partial charge in [0.05, 0.1) is 0 Å². The van der Waals surface area contributed by atoms with Crippen LogP contribution >= 0.6 is 0 Å². The van der Waals surface area contributed by atoms with Crippen LogP contribution < -0.4 is 0 Å². The van der Waals surface area contributed by atoms with E-state index in [1.54, 1.807) is 6.92 Å². The number of carbonyl (C=O) groups excluding carboxylic acids is 1. The number of rotatable bonds is 16. The largest absolute Gasteiger partial charge is 0.300 e. The SMILES string of the molecule is CCCCCCC(C)CCCCCCCCCCC(C)=O. The third-order valence-corrected chi connectivity index (χ3v) is 4.53. The minimum absolute atomic E-state index is 0.346. The Morgan fingerprint density at radius 3 is 1.62 bits per heavy atom. The van der Waals surface area contributed by atoms with Gasteiger partial charge in [0, 0.05) is 6.42 Å². The molecule has 21 heavy (non-hydrogen) atoms. The van der Waals surface area contributed by atoms with Crippen molar-refractivity contribution in [2.45, 2.75) is 117 Å². The molecule has 0 aromatic carbocycles. The summed E-state index contributed by atoms with van der Waals surface area (Å²) in [5.74, 6) is 1.28. The fourth-order valence-electron chi connectivity index (χ4n) is 2.99. The van der Waals surface area contributed by atoms with E-state index in [4.69, 9.17) is 0 Å². The molecular formula is C20H40O. The molecule has 0 fully saturated rings. The van der Waals surface area contributed by atoms with Gasteiger partial charge in [-0.25, -0.2) is 0 Å². The van der Waals surface area contributed by atoms with Crippen LogP contribution in [0.3, 0.4) is 0 Å². The van der Waals surface area contributed by atoms with Crippen molar-refractivity contribution in [1.29, 1.82) is 0 Å². The van der Waals surface area contributed by atoms with Crippen LogP contribution in [0.1, 0.15) is 117 Å². The van der Waals surface area contributed by atoms with E-state index in [-0.39, 0.29) is 0 Å². The van der Waals surface area contributed by atoms with E-state index in [0.29, 0.717) is 5.78 Å². The van der Waals surface area contributed by atoms with Crippen molar-refractivity contribution in [3.8, 4) is 0 Å². The van der Waals surface area contributed by atoms with Gasteiger partial charge in [-0.1, -0.05) is 97.3 Å². The molecule has 0 aliphatic carbocycles. The normalized spacial score (nSPS) is 12.5. The molecule has 0 aromatic heterocycles. The lowest BCUT2D eigenvalue weighted by molar-refractivity contribution is -0.117. The number of unbranched alkanes of at least 4 members (excludes halogenated alkanes) is 10. The van der Waals surface area contributed by atoms with Crippen LogP contribution in [-0.4, -0.2) is 5.78 Å². The van der Waals surface area contributed by atoms with Crippen molar-refractivity contribution in [2.24, 2.45) is 5.92 Å². The highest BCUT2D eigenvalue weighted by molar-refractivity contribution is 5.75. The van der Waals surface area contributed by atoms with Gasteiger partial charge in [0.1, 0.15) is 5.78 Å². The molecule has 0 saturated heterocycles.